The first-order valence-corrected chi connectivity index (χ1v) is 6.57. The molecule has 2 nitrogen and oxygen atoms in total. The van der Waals surface area contributed by atoms with Gasteiger partial charge in [-0.25, -0.2) is 8.78 Å². The molecule has 1 N–H and O–H groups in total. The van der Waals surface area contributed by atoms with Crippen molar-refractivity contribution in [3.8, 4) is 5.75 Å². The van der Waals surface area contributed by atoms with Crippen LogP contribution in [0.5, 0.6) is 5.75 Å². The molecule has 0 aromatic heterocycles. The first-order valence-electron chi connectivity index (χ1n) is 6.57. The Kier molecular flexibility index (Phi) is 3.40. The van der Waals surface area contributed by atoms with Gasteiger partial charge in [-0.1, -0.05) is 24.3 Å². The standard InChI is InChI=1S/C16H15F2NO/c1-19-15(11-5-6-13(17)14(18)9-11)12-4-2-3-10-7-8-20-16(10)12/h2-6,9,15,19H,7-8H2,1H3. The van der Waals surface area contributed by atoms with E-state index in [1.165, 1.54) is 6.07 Å². The molecule has 0 amide bonds. The van der Waals surface area contributed by atoms with E-state index in [9.17, 15) is 8.78 Å². The van der Waals surface area contributed by atoms with Crippen molar-refractivity contribution in [1.29, 1.82) is 0 Å². The van der Waals surface area contributed by atoms with Crippen molar-refractivity contribution in [2.75, 3.05) is 13.7 Å². The normalized spacial score (nSPS) is 14.8. The third kappa shape index (κ3) is 2.16. The quantitative estimate of drug-likeness (QED) is 0.928. The molecule has 1 heterocycles. The van der Waals surface area contributed by atoms with Crippen molar-refractivity contribution < 1.29 is 13.5 Å². The van der Waals surface area contributed by atoms with Gasteiger partial charge in [0, 0.05) is 12.0 Å². The number of ether oxygens (including phenoxy) is 1. The monoisotopic (exact) mass is 275 g/mol. The van der Waals surface area contributed by atoms with E-state index in [-0.39, 0.29) is 6.04 Å². The smallest absolute Gasteiger partial charge is 0.159 e. The second-order valence-corrected chi connectivity index (χ2v) is 4.83. The fourth-order valence-electron chi connectivity index (χ4n) is 2.66. The number of halogens is 2. The van der Waals surface area contributed by atoms with E-state index in [0.29, 0.717) is 12.2 Å². The molecular formula is C16H15F2NO. The lowest BCUT2D eigenvalue weighted by atomic mass is 9.96. The molecule has 0 saturated carbocycles. The summed E-state index contributed by atoms with van der Waals surface area (Å²) >= 11 is 0. The van der Waals surface area contributed by atoms with Gasteiger partial charge in [0.25, 0.3) is 0 Å². The van der Waals surface area contributed by atoms with E-state index < -0.39 is 11.6 Å². The van der Waals surface area contributed by atoms with Crippen LogP contribution in [0.1, 0.15) is 22.7 Å². The maximum atomic E-state index is 13.4. The summed E-state index contributed by atoms with van der Waals surface area (Å²) in [5.74, 6) is -0.814. The summed E-state index contributed by atoms with van der Waals surface area (Å²) in [5, 5.41) is 3.14. The predicted molar refractivity (Wildman–Crippen MR) is 72.9 cm³/mol. The lowest BCUT2D eigenvalue weighted by Gasteiger charge is -2.20. The topological polar surface area (TPSA) is 21.3 Å². The Hall–Kier alpha value is -1.94. The number of fused-ring (bicyclic) bond motifs is 1. The highest BCUT2D eigenvalue weighted by molar-refractivity contribution is 5.48. The molecule has 0 radical (unpaired) electrons. The van der Waals surface area contributed by atoms with Gasteiger partial charge in [-0.2, -0.15) is 0 Å². The second kappa shape index (κ2) is 5.21. The highest BCUT2D eigenvalue weighted by Crippen LogP contribution is 2.36. The van der Waals surface area contributed by atoms with Crippen LogP contribution in [0.25, 0.3) is 0 Å². The van der Waals surface area contributed by atoms with Crippen molar-refractivity contribution >= 4 is 0 Å². The van der Waals surface area contributed by atoms with Crippen LogP contribution in [0, 0.1) is 11.6 Å². The van der Waals surface area contributed by atoms with Gasteiger partial charge < -0.3 is 10.1 Å². The number of rotatable bonds is 3. The Morgan fingerprint density at radius 1 is 1.15 bits per heavy atom. The summed E-state index contributed by atoms with van der Waals surface area (Å²) in [5.41, 5.74) is 2.79. The van der Waals surface area contributed by atoms with Crippen molar-refractivity contribution in [1.82, 2.24) is 5.32 Å². The SMILES string of the molecule is CNC(c1ccc(F)c(F)c1)c1cccc2c1OCC2. The number of nitrogens with one attached hydrogen (secondary N) is 1. The fraction of sp³-hybridized carbons (Fsp3) is 0.250. The van der Waals surface area contributed by atoms with Gasteiger partial charge in [0.2, 0.25) is 0 Å². The molecular weight excluding hydrogens is 260 g/mol. The molecule has 0 spiro atoms. The summed E-state index contributed by atoms with van der Waals surface area (Å²) in [6.45, 7) is 0.667. The summed E-state index contributed by atoms with van der Waals surface area (Å²) < 4.78 is 32.2. The molecule has 20 heavy (non-hydrogen) atoms. The van der Waals surface area contributed by atoms with Crippen molar-refractivity contribution in [3.05, 3.63) is 64.7 Å². The second-order valence-electron chi connectivity index (χ2n) is 4.83. The van der Waals surface area contributed by atoms with E-state index in [2.05, 4.69) is 5.32 Å². The molecule has 2 aromatic rings. The zero-order valence-corrected chi connectivity index (χ0v) is 11.1. The van der Waals surface area contributed by atoms with Crippen LogP contribution in [0.2, 0.25) is 0 Å². The Balaban J connectivity index is 2.06. The minimum Gasteiger partial charge on any atom is -0.493 e. The number of para-hydroxylation sites is 1. The highest BCUT2D eigenvalue weighted by Gasteiger charge is 2.23. The zero-order valence-electron chi connectivity index (χ0n) is 11.1. The zero-order chi connectivity index (χ0) is 14.1. The Morgan fingerprint density at radius 2 is 2.00 bits per heavy atom. The van der Waals surface area contributed by atoms with Gasteiger partial charge in [0.05, 0.1) is 12.6 Å². The van der Waals surface area contributed by atoms with E-state index in [0.717, 1.165) is 29.4 Å². The maximum Gasteiger partial charge on any atom is 0.159 e. The third-order valence-corrected chi connectivity index (χ3v) is 3.62. The van der Waals surface area contributed by atoms with Crippen LogP contribution >= 0.6 is 0 Å². The molecule has 1 aliphatic rings. The van der Waals surface area contributed by atoms with Gasteiger partial charge in [-0.05, 0) is 30.3 Å². The van der Waals surface area contributed by atoms with Crippen LogP contribution in [0.3, 0.4) is 0 Å². The van der Waals surface area contributed by atoms with Crippen LogP contribution < -0.4 is 10.1 Å². The molecule has 1 unspecified atom stereocenters. The molecule has 0 bridgehead atoms. The molecule has 1 aliphatic heterocycles. The predicted octanol–water partition coefficient (Wildman–Crippen LogP) is 3.21. The first-order chi connectivity index (χ1) is 9.70. The number of hydrogen-bond donors (Lipinski definition) is 1. The largest absolute Gasteiger partial charge is 0.493 e. The molecule has 2 aromatic carbocycles. The Labute approximate surface area is 116 Å². The maximum absolute atomic E-state index is 13.4. The summed E-state index contributed by atoms with van der Waals surface area (Å²) in [4.78, 5) is 0. The van der Waals surface area contributed by atoms with E-state index >= 15 is 0 Å². The average Bonchev–Trinajstić information content (AvgIpc) is 2.93. The van der Waals surface area contributed by atoms with Crippen molar-refractivity contribution in [2.24, 2.45) is 0 Å². The molecule has 3 rings (SSSR count). The summed E-state index contributed by atoms with van der Waals surface area (Å²) in [6, 6.07) is 9.69. The molecule has 0 fully saturated rings. The average molecular weight is 275 g/mol. The molecule has 4 heteroatoms. The molecule has 104 valence electrons. The molecule has 1 atom stereocenters. The first kappa shape index (κ1) is 13.1. The van der Waals surface area contributed by atoms with E-state index in [1.54, 1.807) is 13.1 Å². The van der Waals surface area contributed by atoms with Gasteiger partial charge in [0.1, 0.15) is 5.75 Å². The van der Waals surface area contributed by atoms with Crippen LogP contribution in [-0.4, -0.2) is 13.7 Å². The van der Waals surface area contributed by atoms with Crippen molar-refractivity contribution in [2.45, 2.75) is 12.5 Å². The number of benzene rings is 2. The third-order valence-electron chi connectivity index (χ3n) is 3.62. The molecule has 0 saturated heterocycles. The summed E-state index contributed by atoms with van der Waals surface area (Å²) in [7, 11) is 1.79. The van der Waals surface area contributed by atoms with Gasteiger partial charge in [0.15, 0.2) is 11.6 Å². The van der Waals surface area contributed by atoms with Crippen LogP contribution in [0.15, 0.2) is 36.4 Å². The van der Waals surface area contributed by atoms with Gasteiger partial charge >= 0.3 is 0 Å². The fourth-order valence-corrected chi connectivity index (χ4v) is 2.66. The summed E-state index contributed by atoms with van der Waals surface area (Å²) in [6.07, 6.45) is 0.886. The van der Waals surface area contributed by atoms with Crippen LogP contribution in [0.4, 0.5) is 8.78 Å². The van der Waals surface area contributed by atoms with Gasteiger partial charge in [-0.15, -0.1) is 0 Å². The number of hydrogen-bond acceptors (Lipinski definition) is 2. The highest BCUT2D eigenvalue weighted by atomic mass is 19.2. The Morgan fingerprint density at radius 3 is 2.75 bits per heavy atom. The minimum atomic E-state index is -0.837. The van der Waals surface area contributed by atoms with E-state index in [1.807, 2.05) is 18.2 Å². The van der Waals surface area contributed by atoms with E-state index in [4.69, 9.17) is 4.74 Å². The lowest BCUT2D eigenvalue weighted by Crippen LogP contribution is -2.18. The minimum absolute atomic E-state index is 0.224. The lowest BCUT2D eigenvalue weighted by molar-refractivity contribution is 0.351. The molecule has 0 aliphatic carbocycles. The van der Waals surface area contributed by atoms with Crippen molar-refractivity contribution in [3.63, 3.8) is 0 Å². The van der Waals surface area contributed by atoms with Gasteiger partial charge in [-0.3, -0.25) is 0 Å². The Bertz CT molecular complexity index is 642. The van der Waals surface area contributed by atoms with Crippen LogP contribution in [-0.2, 0) is 6.42 Å².